The zero-order chi connectivity index (χ0) is 18.3. The van der Waals surface area contributed by atoms with Crippen LogP contribution >= 0.6 is 27.7 Å². The Morgan fingerprint density at radius 3 is 2.60 bits per heavy atom. The van der Waals surface area contributed by atoms with E-state index < -0.39 is 0 Å². The van der Waals surface area contributed by atoms with Crippen molar-refractivity contribution in [2.75, 3.05) is 13.6 Å². The Kier molecular flexibility index (Phi) is 7.25. The molecular weight excluding hydrogens is 403 g/mol. The standard InChI is InChI=1S/C18H22BrFN4S/c1-18(2,25-14-8-6-13(19)7-9-14)12-24-17(21-3)23-11-16-15(20)5-4-10-22-16/h4-10H,11-12H2,1-3H3,(H2,21,23,24). The van der Waals surface area contributed by atoms with Gasteiger partial charge in [-0.15, -0.1) is 11.8 Å². The number of hydrogen-bond acceptors (Lipinski definition) is 3. The molecule has 7 heteroatoms. The Hall–Kier alpha value is -1.60. The highest BCUT2D eigenvalue weighted by Crippen LogP contribution is 2.32. The number of pyridine rings is 1. The van der Waals surface area contributed by atoms with E-state index in [0.29, 0.717) is 18.2 Å². The molecule has 0 saturated carbocycles. The molecule has 2 rings (SSSR count). The molecule has 0 spiro atoms. The summed E-state index contributed by atoms with van der Waals surface area (Å²) in [6.45, 7) is 5.32. The molecule has 1 aromatic carbocycles. The Balaban J connectivity index is 1.86. The van der Waals surface area contributed by atoms with Gasteiger partial charge in [0.15, 0.2) is 5.96 Å². The Labute approximate surface area is 160 Å². The fourth-order valence-corrected chi connectivity index (χ4v) is 3.41. The Morgan fingerprint density at radius 2 is 1.96 bits per heavy atom. The molecule has 1 aromatic heterocycles. The minimum atomic E-state index is -0.323. The molecule has 1 heterocycles. The number of aliphatic imine (C=N–C) groups is 1. The van der Waals surface area contributed by atoms with Crippen molar-refractivity contribution < 1.29 is 4.39 Å². The van der Waals surface area contributed by atoms with Gasteiger partial charge in [-0.05, 0) is 50.2 Å². The van der Waals surface area contributed by atoms with Crippen molar-refractivity contribution in [3.8, 4) is 0 Å². The third-order valence-electron chi connectivity index (χ3n) is 3.37. The maximum Gasteiger partial charge on any atom is 0.191 e. The smallest absolute Gasteiger partial charge is 0.191 e. The molecule has 0 fully saturated rings. The van der Waals surface area contributed by atoms with Crippen molar-refractivity contribution in [3.63, 3.8) is 0 Å². The number of benzene rings is 1. The van der Waals surface area contributed by atoms with Gasteiger partial charge in [0.25, 0.3) is 0 Å². The van der Waals surface area contributed by atoms with Gasteiger partial charge < -0.3 is 10.6 Å². The Bertz CT molecular complexity index is 719. The summed E-state index contributed by atoms with van der Waals surface area (Å²) >= 11 is 5.23. The first-order valence-electron chi connectivity index (χ1n) is 7.88. The van der Waals surface area contributed by atoms with Crippen molar-refractivity contribution in [3.05, 3.63) is 58.6 Å². The fraction of sp³-hybridized carbons (Fsp3) is 0.333. The summed E-state index contributed by atoms with van der Waals surface area (Å²) in [5.41, 5.74) is 0.369. The van der Waals surface area contributed by atoms with E-state index in [2.05, 4.69) is 62.5 Å². The van der Waals surface area contributed by atoms with Crippen LogP contribution in [0.3, 0.4) is 0 Å². The maximum absolute atomic E-state index is 13.6. The summed E-state index contributed by atoms with van der Waals surface area (Å²) in [7, 11) is 1.69. The number of hydrogen-bond donors (Lipinski definition) is 2. The largest absolute Gasteiger partial charge is 0.355 e. The minimum absolute atomic E-state index is 0.0400. The van der Waals surface area contributed by atoms with Crippen LogP contribution in [-0.2, 0) is 6.54 Å². The molecule has 0 radical (unpaired) electrons. The maximum atomic E-state index is 13.6. The average molecular weight is 425 g/mol. The molecule has 2 aromatic rings. The van der Waals surface area contributed by atoms with E-state index in [4.69, 9.17) is 0 Å². The molecule has 25 heavy (non-hydrogen) atoms. The number of nitrogens with one attached hydrogen (secondary N) is 2. The quantitative estimate of drug-likeness (QED) is 0.414. The number of rotatable bonds is 6. The summed E-state index contributed by atoms with van der Waals surface area (Å²) in [4.78, 5) is 9.41. The monoisotopic (exact) mass is 424 g/mol. The molecule has 0 aliphatic rings. The predicted molar refractivity (Wildman–Crippen MR) is 106 cm³/mol. The summed E-state index contributed by atoms with van der Waals surface area (Å²) < 4.78 is 14.6. The van der Waals surface area contributed by atoms with Crippen LogP contribution in [0.4, 0.5) is 4.39 Å². The van der Waals surface area contributed by atoms with E-state index >= 15 is 0 Å². The van der Waals surface area contributed by atoms with Crippen molar-refractivity contribution in [2.45, 2.75) is 30.0 Å². The number of aromatic nitrogens is 1. The van der Waals surface area contributed by atoms with Gasteiger partial charge in [0.1, 0.15) is 5.82 Å². The van der Waals surface area contributed by atoms with Gasteiger partial charge in [-0.1, -0.05) is 15.9 Å². The van der Waals surface area contributed by atoms with Crippen molar-refractivity contribution >= 4 is 33.7 Å². The van der Waals surface area contributed by atoms with E-state index in [-0.39, 0.29) is 17.1 Å². The van der Waals surface area contributed by atoms with Gasteiger partial charge in [-0.25, -0.2) is 4.39 Å². The van der Waals surface area contributed by atoms with Crippen molar-refractivity contribution in [2.24, 2.45) is 4.99 Å². The lowest BCUT2D eigenvalue weighted by molar-refractivity contribution is 0.591. The molecule has 4 nitrogen and oxygen atoms in total. The third kappa shape index (κ3) is 6.66. The normalized spacial score (nSPS) is 12.1. The van der Waals surface area contributed by atoms with E-state index in [0.717, 1.165) is 4.47 Å². The predicted octanol–water partition coefficient (Wildman–Crippen LogP) is 4.22. The van der Waals surface area contributed by atoms with E-state index in [9.17, 15) is 4.39 Å². The van der Waals surface area contributed by atoms with Gasteiger partial charge >= 0.3 is 0 Å². The van der Waals surface area contributed by atoms with Gasteiger partial charge in [0.05, 0.1) is 12.2 Å². The van der Waals surface area contributed by atoms with Crippen LogP contribution in [0, 0.1) is 5.82 Å². The third-order valence-corrected chi connectivity index (χ3v) is 5.10. The number of halogens is 2. The van der Waals surface area contributed by atoms with Crippen LogP contribution in [-0.4, -0.2) is 29.3 Å². The topological polar surface area (TPSA) is 49.3 Å². The van der Waals surface area contributed by atoms with Crippen LogP contribution in [0.5, 0.6) is 0 Å². The first kappa shape index (κ1) is 19.7. The molecule has 2 N–H and O–H groups in total. The first-order chi connectivity index (χ1) is 11.9. The lowest BCUT2D eigenvalue weighted by Gasteiger charge is -2.25. The molecular formula is C18H22BrFN4S. The Morgan fingerprint density at radius 1 is 1.24 bits per heavy atom. The van der Waals surface area contributed by atoms with Crippen LogP contribution < -0.4 is 10.6 Å². The zero-order valence-corrected chi connectivity index (χ0v) is 16.9. The lowest BCUT2D eigenvalue weighted by Crippen LogP contribution is -2.43. The van der Waals surface area contributed by atoms with E-state index in [1.807, 2.05) is 12.1 Å². The van der Waals surface area contributed by atoms with Gasteiger partial charge in [-0.2, -0.15) is 0 Å². The van der Waals surface area contributed by atoms with E-state index in [1.54, 1.807) is 31.1 Å². The molecule has 0 amide bonds. The van der Waals surface area contributed by atoms with Gasteiger partial charge in [-0.3, -0.25) is 9.98 Å². The highest BCUT2D eigenvalue weighted by atomic mass is 79.9. The second-order valence-corrected chi connectivity index (χ2v) is 8.72. The lowest BCUT2D eigenvalue weighted by atomic mass is 10.2. The molecule has 0 atom stereocenters. The summed E-state index contributed by atoms with van der Waals surface area (Å²) in [5.74, 6) is 0.297. The van der Waals surface area contributed by atoms with Crippen LogP contribution in [0.25, 0.3) is 0 Å². The zero-order valence-electron chi connectivity index (χ0n) is 14.5. The second-order valence-electron chi connectivity index (χ2n) is 6.03. The van der Waals surface area contributed by atoms with Crippen molar-refractivity contribution in [1.82, 2.24) is 15.6 Å². The average Bonchev–Trinajstić information content (AvgIpc) is 2.58. The molecule has 134 valence electrons. The highest BCUT2D eigenvalue weighted by molar-refractivity contribution is 9.10. The number of nitrogens with zero attached hydrogens (tertiary/aromatic N) is 2. The van der Waals surface area contributed by atoms with Crippen molar-refractivity contribution in [1.29, 1.82) is 0 Å². The van der Waals surface area contributed by atoms with Gasteiger partial charge in [0, 0.05) is 33.9 Å². The summed E-state index contributed by atoms with van der Waals surface area (Å²) in [6.07, 6.45) is 1.58. The van der Waals surface area contributed by atoms with Gasteiger partial charge in [0.2, 0.25) is 0 Å². The number of thioether (sulfide) groups is 1. The summed E-state index contributed by atoms with van der Waals surface area (Å²) in [6, 6.07) is 11.2. The highest BCUT2D eigenvalue weighted by Gasteiger charge is 2.20. The second kappa shape index (κ2) is 9.20. The SMILES string of the molecule is CN=C(NCc1ncccc1F)NCC(C)(C)Sc1ccc(Br)cc1. The number of guanidine groups is 1. The molecule has 0 unspecified atom stereocenters. The summed E-state index contributed by atoms with van der Waals surface area (Å²) in [5, 5.41) is 6.38. The van der Waals surface area contributed by atoms with Crippen LogP contribution in [0.1, 0.15) is 19.5 Å². The minimum Gasteiger partial charge on any atom is -0.355 e. The van der Waals surface area contributed by atoms with Crippen LogP contribution in [0.15, 0.2) is 57.0 Å². The van der Waals surface area contributed by atoms with Crippen LogP contribution in [0.2, 0.25) is 0 Å². The molecule has 0 aliphatic heterocycles. The molecule has 0 aliphatic carbocycles. The van der Waals surface area contributed by atoms with E-state index in [1.165, 1.54) is 11.0 Å². The first-order valence-corrected chi connectivity index (χ1v) is 9.49. The fourth-order valence-electron chi connectivity index (χ4n) is 2.09. The molecule has 0 saturated heterocycles. The molecule has 0 bridgehead atoms.